The third-order valence-electron chi connectivity index (χ3n) is 14.6. The molecule has 0 N–H and O–H groups in total. The van der Waals surface area contributed by atoms with Crippen molar-refractivity contribution in [1.29, 1.82) is 0 Å². The quantitative estimate of drug-likeness (QED) is 0.126. The summed E-state index contributed by atoms with van der Waals surface area (Å²) < 4.78 is 0. The van der Waals surface area contributed by atoms with Gasteiger partial charge in [-0.15, -0.1) is 0 Å². The van der Waals surface area contributed by atoms with Crippen LogP contribution < -0.4 is 9.80 Å². The molecule has 0 saturated carbocycles. The van der Waals surface area contributed by atoms with Gasteiger partial charge in [0.25, 0.3) is 0 Å². The molecule has 306 valence electrons. The molecule has 0 amide bonds. The molecular formula is C62H48N2. The summed E-state index contributed by atoms with van der Waals surface area (Å²) in [4.78, 5) is 5.13. The van der Waals surface area contributed by atoms with Crippen LogP contribution in [-0.4, -0.2) is 13.1 Å². The summed E-state index contributed by atoms with van der Waals surface area (Å²) in [6, 6.07) is 68.9. The number of rotatable bonds is 5. The second-order valence-corrected chi connectivity index (χ2v) is 18.1. The maximum Gasteiger partial charge on any atom is 0.0443 e. The molecule has 1 aliphatic carbocycles. The van der Waals surface area contributed by atoms with Crippen molar-refractivity contribution in [2.24, 2.45) is 0 Å². The molecular weight excluding hydrogens is 773 g/mol. The van der Waals surface area contributed by atoms with Gasteiger partial charge in [-0.1, -0.05) is 146 Å². The van der Waals surface area contributed by atoms with Gasteiger partial charge in [-0.3, -0.25) is 0 Å². The molecule has 2 aliphatic heterocycles. The fourth-order valence-corrected chi connectivity index (χ4v) is 11.5. The number of fused-ring (bicyclic) bond motifs is 8. The normalized spacial score (nSPS) is 15.1. The summed E-state index contributed by atoms with van der Waals surface area (Å²) in [5, 5.41) is 13.1. The highest BCUT2D eigenvalue weighted by Crippen LogP contribution is 2.49. The second kappa shape index (κ2) is 15.1. The molecule has 0 aromatic heterocycles. The molecule has 10 aromatic carbocycles. The maximum atomic E-state index is 2.57. The van der Waals surface area contributed by atoms with E-state index in [2.05, 4.69) is 204 Å². The molecule has 0 unspecified atom stereocenters. The SMILES string of the molecule is C1=C(c2c3cc(N4CCCc5ccccc54)ccc3c(-c3ccc4ccccc4c3)c3cc(N4CCCc5ccccc54)ccc23)CCC(c2cc3ccccc3c3ccccc23)=C1. The zero-order chi connectivity index (χ0) is 42.1. The molecule has 2 heterocycles. The maximum absolute atomic E-state index is 2.57. The van der Waals surface area contributed by atoms with Crippen LogP contribution in [0.5, 0.6) is 0 Å². The fourth-order valence-electron chi connectivity index (χ4n) is 11.5. The van der Waals surface area contributed by atoms with Gasteiger partial charge in [0.15, 0.2) is 0 Å². The Hall–Kier alpha value is -7.42. The van der Waals surface area contributed by atoms with E-state index in [9.17, 15) is 0 Å². The Morgan fingerprint density at radius 2 is 0.875 bits per heavy atom. The van der Waals surface area contributed by atoms with Gasteiger partial charge in [0, 0.05) is 35.8 Å². The van der Waals surface area contributed by atoms with Gasteiger partial charge in [0.05, 0.1) is 0 Å². The number of anilines is 4. The molecule has 0 saturated heterocycles. The van der Waals surface area contributed by atoms with Crippen LogP contribution in [0, 0.1) is 0 Å². The average Bonchev–Trinajstić information content (AvgIpc) is 3.37. The smallest absolute Gasteiger partial charge is 0.0443 e. The average molecular weight is 821 g/mol. The zero-order valence-electron chi connectivity index (χ0n) is 36.0. The molecule has 13 rings (SSSR count). The first-order chi connectivity index (χ1) is 31.7. The van der Waals surface area contributed by atoms with Crippen molar-refractivity contribution in [2.75, 3.05) is 22.9 Å². The van der Waals surface area contributed by atoms with Crippen LogP contribution in [0.4, 0.5) is 22.7 Å². The minimum Gasteiger partial charge on any atom is -0.341 e. The summed E-state index contributed by atoms with van der Waals surface area (Å²) in [5.74, 6) is 0. The highest BCUT2D eigenvalue weighted by molar-refractivity contribution is 6.21. The molecule has 64 heavy (non-hydrogen) atoms. The molecule has 0 spiro atoms. The largest absolute Gasteiger partial charge is 0.341 e. The summed E-state index contributed by atoms with van der Waals surface area (Å²) in [6.45, 7) is 2.02. The molecule has 10 aromatic rings. The minimum absolute atomic E-state index is 0.963. The van der Waals surface area contributed by atoms with Crippen molar-refractivity contribution in [3.8, 4) is 11.1 Å². The summed E-state index contributed by atoms with van der Waals surface area (Å²) in [7, 11) is 0. The van der Waals surface area contributed by atoms with Crippen LogP contribution >= 0.6 is 0 Å². The Balaban J connectivity index is 1.07. The molecule has 0 bridgehead atoms. The van der Waals surface area contributed by atoms with E-state index in [0.717, 1.165) is 51.6 Å². The number of allylic oxidation sites excluding steroid dienone is 4. The predicted molar refractivity (Wildman–Crippen MR) is 275 cm³/mol. The molecule has 0 atom stereocenters. The Bertz CT molecular complexity index is 3590. The molecule has 0 fully saturated rings. The lowest BCUT2D eigenvalue weighted by Crippen LogP contribution is -2.24. The van der Waals surface area contributed by atoms with Gasteiger partial charge in [-0.2, -0.15) is 0 Å². The van der Waals surface area contributed by atoms with Crippen molar-refractivity contribution in [2.45, 2.75) is 38.5 Å². The number of hydrogen-bond donors (Lipinski definition) is 0. The van der Waals surface area contributed by atoms with Gasteiger partial charge in [-0.25, -0.2) is 0 Å². The number of hydrogen-bond acceptors (Lipinski definition) is 2. The number of para-hydroxylation sites is 2. The van der Waals surface area contributed by atoms with E-state index < -0.39 is 0 Å². The third-order valence-corrected chi connectivity index (χ3v) is 14.6. The van der Waals surface area contributed by atoms with E-state index in [-0.39, 0.29) is 0 Å². The standard InChI is InChI=1S/C62H48N2/c1-2-16-46-37-48(30-25-41(46)13-1)62-55-34-32-49(63-35-11-18-43-14-4-9-23-59(43)63)39-57(55)61(54-33-31-50(40-58(54)62)64-36-12-19-44-15-5-10-24-60(44)64)45-28-26-42(27-29-45)56-38-47-17-3-6-20-51(47)52-21-7-8-22-53(52)56/h1-10,13-17,20-26,28,30-34,37-40H,11-12,18-19,27,29,35-36H2. The Kier molecular flexibility index (Phi) is 8.79. The van der Waals surface area contributed by atoms with E-state index in [0.29, 0.717) is 0 Å². The van der Waals surface area contributed by atoms with Crippen molar-refractivity contribution in [1.82, 2.24) is 0 Å². The molecule has 3 aliphatic rings. The zero-order valence-corrected chi connectivity index (χ0v) is 36.0. The van der Waals surface area contributed by atoms with E-state index in [1.165, 1.54) is 121 Å². The van der Waals surface area contributed by atoms with Crippen molar-refractivity contribution >= 4 is 87.8 Å². The first-order valence-electron chi connectivity index (χ1n) is 23.3. The third kappa shape index (κ3) is 6.08. The lowest BCUT2D eigenvalue weighted by atomic mass is 9.81. The van der Waals surface area contributed by atoms with Gasteiger partial charge in [-0.05, 0) is 185 Å². The van der Waals surface area contributed by atoms with E-state index in [1.54, 1.807) is 0 Å². The van der Waals surface area contributed by atoms with Gasteiger partial charge >= 0.3 is 0 Å². The van der Waals surface area contributed by atoms with Crippen LogP contribution in [0.25, 0.3) is 76.1 Å². The van der Waals surface area contributed by atoms with E-state index in [1.807, 2.05) is 0 Å². The summed E-state index contributed by atoms with van der Waals surface area (Å²) in [5.41, 5.74) is 16.2. The highest BCUT2D eigenvalue weighted by atomic mass is 15.1. The van der Waals surface area contributed by atoms with E-state index >= 15 is 0 Å². The van der Waals surface area contributed by atoms with Crippen molar-refractivity contribution in [3.63, 3.8) is 0 Å². The van der Waals surface area contributed by atoms with Gasteiger partial charge < -0.3 is 9.80 Å². The number of aryl methyl sites for hydroxylation is 2. The summed E-state index contributed by atoms with van der Waals surface area (Å²) >= 11 is 0. The van der Waals surface area contributed by atoms with Gasteiger partial charge in [0.1, 0.15) is 0 Å². The lowest BCUT2D eigenvalue weighted by molar-refractivity contribution is 0.767. The molecule has 2 nitrogen and oxygen atoms in total. The van der Waals surface area contributed by atoms with Crippen LogP contribution in [-0.2, 0) is 12.8 Å². The molecule has 0 radical (unpaired) electrons. The summed E-state index contributed by atoms with van der Waals surface area (Å²) in [6.07, 6.45) is 11.4. The topological polar surface area (TPSA) is 6.48 Å². The van der Waals surface area contributed by atoms with Crippen molar-refractivity contribution < 1.29 is 0 Å². The van der Waals surface area contributed by atoms with Crippen LogP contribution in [0.3, 0.4) is 0 Å². The Morgan fingerprint density at radius 1 is 0.328 bits per heavy atom. The van der Waals surface area contributed by atoms with Crippen LogP contribution in [0.2, 0.25) is 0 Å². The monoisotopic (exact) mass is 820 g/mol. The fraction of sp³-hybridized carbons (Fsp3) is 0.129. The first-order valence-corrected chi connectivity index (χ1v) is 23.3. The van der Waals surface area contributed by atoms with E-state index in [4.69, 9.17) is 0 Å². The number of benzene rings is 10. The van der Waals surface area contributed by atoms with Crippen LogP contribution in [0.15, 0.2) is 194 Å². The first kappa shape index (κ1) is 37.2. The predicted octanol–water partition coefficient (Wildman–Crippen LogP) is 16.5. The number of nitrogens with zero attached hydrogens (tertiary/aromatic N) is 2. The second-order valence-electron chi connectivity index (χ2n) is 18.1. The lowest BCUT2D eigenvalue weighted by Gasteiger charge is -2.33. The van der Waals surface area contributed by atoms with Crippen molar-refractivity contribution in [3.05, 3.63) is 216 Å². The highest BCUT2D eigenvalue weighted by Gasteiger charge is 2.25. The van der Waals surface area contributed by atoms with Crippen LogP contribution in [0.1, 0.15) is 47.9 Å². The Morgan fingerprint density at radius 3 is 1.56 bits per heavy atom. The van der Waals surface area contributed by atoms with Gasteiger partial charge in [0.2, 0.25) is 0 Å². The Labute approximate surface area is 375 Å². The minimum atomic E-state index is 0.963. The molecule has 2 heteroatoms.